The first-order valence-corrected chi connectivity index (χ1v) is 10.3. The number of benzene rings is 1. The molecule has 0 aromatic heterocycles. The molecule has 0 fully saturated rings. The molecule has 1 N–H and O–H groups in total. The molecular formula is C23H34N2O5. The lowest BCUT2D eigenvalue weighted by Gasteiger charge is -2.39. The lowest BCUT2D eigenvalue weighted by Crippen LogP contribution is -2.61. The molecule has 1 atom stereocenters. The van der Waals surface area contributed by atoms with Crippen molar-refractivity contribution in [3.63, 3.8) is 0 Å². The standard InChI is InChI=1S/C23H34N2O5/c1-15(2)12-18(24(6)21(29)30-22(3,4)5)19(26)25(7)23(20(27)28)13-16-10-8-9-11-17(16)14-23/h8-11,15,18H,12-14H2,1-7H3,(H,27,28)/t18-/m0/s1. The maximum atomic E-state index is 13.6. The number of amides is 2. The van der Waals surface area contributed by atoms with E-state index in [2.05, 4.69) is 0 Å². The van der Waals surface area contributed by atoms with Crippen LogP contribution in [0.2, 0.25) is 0 Å². The normalized spacial score (nSPS) is 16.0. The van der Waals surface area contributed by atoms with Gasteiger partial charge in [-0.15, -0.1) is 0 Å². The zero-order chi connectivity index (χ0) is 22.9. The summed E-state index contributed by atoms with van der Waals surface area (Å²) in [6, 6.07) is 6.73. The molecule has 7 nitrogen and oxygen atoms in total. The minimum Gasteiger partial charge on any atom is -0.479 e. The fourth-order valence-corrected chi connectivity index (χ4v) is 3.89. The van der Waals surface area contributed by atoms with Crippen LogP contribution in [0.25, 0.3) is 0 Å². The van der Waals surface area contributed by atoms with E-state index in [4.69, 9.17) is 4.74 Å². The van der Waals surface area contributed by atoms with Gasteiger partial charge in [0.15, 0.2) is 0 Å². The molecule has 0 unspecified atom stereocenters. The molecule has 30 heavy (non-hydrogen) atoms. The highest BCUT2D eigenvalue weighted by atomic mass is 16.6. The Labute approximate surface area is 179 Å². The molecule has 2 rings (SSSR count). The second-order valence-corrected chi connectivity index (χ2v) is 9.59. The van der Waals surface area contributed by atoms with Gasteiger partial charge in [-0.05, 0) is 44.2 Å². The Bertz CT molecular complexity index is 787. The second-order valence-electron chi connectivity index (χ2n) is 9.59. The summed E-state index contributed by atoms with van der Waals surface area (Å²) in [7, 11) is 3.06. The van der Waals surface area contributed by atoms with E-state index in [0.717, 1.165) is 11.1 Å². The lowest BCUT2D eigenvalue weighted by atomic mass is 9.91. The van der Waals surface area contributed by atoms with Gasteiger partial charge in [-0.3, -0.25) is 9.69 Å². The van der Waals surface area contributed by atoms with Crippen LogP contribution in [0.15, 0.2) is 24.3 Å². The molecule has 0 saturated carbocycles. The van der Waals surface area contributed by atoms with Gasteiger partial charge in [0.2, 0.25) is 5.91 Å². The third kappa shape index (κ3) is 4.94. The third-order valence-electron chi connectivity index (χ3n) is 5.58. The van der Waals surface area contributed by atoms with Gasteiger partial charge in [0.1, 0.15) is 17.2 Å². The van der Waals surface area contributed by atoms with Crippen molar-refractivity contribution < 1.29 is 24.2 Å². The van der Waals surface area contributed by atoms with Crippen molar-refractivity contribution >= 4 is 18.0 Å². The lowest BCUT2D eigenvalue weighted by molar-refractivity contribution is -0.159. The molecule has 0 radical (unpaired) electrons. The van der Waals surface area contributed by atoms with Crippen LogP contribution in [0, 0.1) is 5.92 Å². The number of carbonyl (C=O) groups excluding carboxylic acids is 2. The van der Waals surface area contributed by atoms with Gasteiger partial charge in [-0.25, -0.2) is 9.59 Å². The van der Waals surface area contributed by atoms with E-state index in [0.29, 0.717) is 6.42 Å². The SMILES string of the molecule is CC(C)C[C@@H](C(=O)N(C)C1(C(=O)O)Cc2ccccc2C1)N(C)C(=O)OC(C)(C)C. The summed E-state index contributed by atoms with van der Waals surface area (Å²) < 4.78 is 5.44. The van der Waals surface area contributed by atoms with E-state index in [1.54, 1.807) is 20.8 Å². The number of carboxylic acid groups (broad SMARTS) is 1. The molecule has 0 spiro atoms. The molecule has 166 valence electrons. The van der Waals surface area contributed by atoms with Crippen LogP contribution in [-0.4, -0.2) is 64.2 Å². The van der Waals surface area contributed by atoms with Crippen LogP contribution in [-0.2, 0) is 27.2 Å². The van der Waals surface area contributed by atoms with Gasteiger partial charge < -0.3 is 14.7 Å². The summed E-state index contributed by atoms with van der Waals surface area (Å²) in [5.74, 6) is -1.32. The first kappa shape index (κ1) is 23.7. The fraction of sp³-hybridized carbons (Fsp3) is 0.609. The van der Waals surface area contributed by atoms with Gasteiger partial charge in [0.25, 0.3) is 0 Å². The minimum absolute atomic E-state index is 0.124. The van der Waals surface area contributed by atoms with Crippen LogP contribution in [0.3, 0.4) is 0 Å². The molecule has 0 saturated heterocycles. The van der Waals surface area contributed by atoms with Crippen molar-refractivity contribution in [1.82, 2.24) is 9.80 Å². The average molecular weight is 419 g/mol. The number of rotatable bonds is 6. The van der Waals surface area contributed by atoms with Crippen LogP contribution in [0.4, 0.5) is 4.79 Å². The highest BCUT2D eigenvalue weighted by molar-refractivity contribution is 5.92. The maximum absolute atomic E-state index is 13.6. The van der Waals surface area contributed by atoms with E-state index in [-0.39, 0.29) is 18.8 Å². The quantitative estimate of drug-likeness (QED) is 0.766. The first-order valence-electron chi connectivity index (χ1n) is 10.3. The minimum atomic E-state index is -1.37. The number of hydrogen-bond donors (Lipinski definition) is 1. The Morgan fingerprint density at radius 1 is 1.10 bits per heavy atom. The second kappa shape index (κ2) is 8.66. The predicted molar refractivity (Wildman–Crippen MR) is 114 cm³/mol. The monoisotopic (exact) mass is 418 g/mol. The zero-order valence-electron chi connectivity index (χ0n) is 19.1. The van der Waals surface area contributed by atoms with Gasteiger partial charge in [-0.2, -0.15) is 0 Å². The van der Waals surface area contributed by atoms with Gasteiger partial charge in [-0.1, -0.05) is 38.1 Å². The summed E-state index contributed by atoms with van der Waals surface area (Å²) >= 11 is 0. The van der Waals surface area contributed by atoms with Gasteiger partial charge in [0, 0.05) is 26.9 Å². The van der Waals surface area contributed by atoms with E-state index in [9.17, 15) is 19.5 Å². The number of nitrogens with zero attached hydrogens (tertiary/aromatic N) is 2. The smallest absolute Gasteiger partial charge is 0.410 e. The Balaban J connectivity index is 2.34. The van der Waals surface area contributed by atoms with Crippen molar-refractivity contribution in [1.29, 1.82) is 0 Å². The summed E-state index contributed by atoms with van der Waals surface area (Å²) in [5.41, 5.74) is -0.205. The number of likely N-dealkylation sites (N-methyl/N-ethyl adjacent to an activating group) is 2. The number of carbonyl (C=O) groups is 3. The Morgan fingerprint density at radius 2 is 1.60 bits per heavy atom. The van der Waals surface area contributed by atoms with Crippen molar-refractivity contribution in [2.75, 3.05) is 14.1 Å². The molecule has 1 aromatic rings. The van der Waals surface area contributed by atoms with Gasteiger partial charge >= 0.3 is 12.1 Å². The average Bonchev–Trinajstić information content (AvgIpc) is 3.03. The van der Waals surface area contributed by atoms with Gasteiger partial charge in [0.05, 0.1) is 0 Å². The van der Waals surface area contributed by atoms with Crippen LogP contribution < -0.4 is 0 Å². The molecular weight excluding hydrogens is 384 g/mol. The number of carboxylic acids is 1. The third-order valence-corrected chi connectivity index (χ3v) is 5.58. The summed E-state index contributed by atoms with van der Waals surface area (Å²) in [6.45, 7) is 9.21. The summed E-state index contributed by atoms with van der Waals surface area (Å²) in [4.78, 5) is 41.2. The fourth-order valence-electron chi connectivity index (χ4n) is 3.89. The molecule has 0 bridgehead atoms. The first-order chi connectivity index (χ1) is 13.8. The molecule has 1 aromatic carbocycles. The Kier molecular flexibility index (Phi) is 6.84. The van der Waals surface area contributed by atoms with Crippen molar-refractivity contribution in [3.8, 4) is 0 Å². The molecule has 7 heteroatoms. The molecule has 1 aliphatic carbocycles. The Hall–Kier alpha value is -2.57. The van der Waals surface area contributed by atoms with Crippen LogP contribution >= 0.6 is 0 Å². The Morgan fingerprint density at radius 3 is 2.00 bits per heavy atom. The van der Waals surface area contributed by atoms with E-state index < -0.39 is 35.2 Å². The predicted octanol–water partition coefficient (Wildman–Crippen LogP) is 3.35. The maximum Gasteiger partial charge on any atom is 0.410 e. The van der Waals surface area contributed by atoms with Crippen LogP contribution in [0.5, 0.6) is 0 Å². The van der Waals surface area contributed by atoms with E-state index in [1.807, 2.05) is 38.1 Å². The summed E-state index contributed by atoms with van der Waals surface area (Å²) in [6.07, 6.45) is 0.284. The van der Waals surface area contributed by atoms with E-state index in [1.165, 1.54) is 23.9 Å². The van der Waals surface area contributed by atoms with Crippen molar-refractivity contribution in [3.05, 3.63) is 35.4 Å². The largest absolute Gasteiger partial charge is 0.479 e. The molecule has 2 amide bonds. The van der Waals surface area contributed by atoms with Crippen molar-refractivity contribution in [2.24, 2.45) is 5.92 Å². The molecule has 0 heterocycles. The topological polar surface area (TPSA) is 87.2 Å². The number of fused-ring (bicyclic) bond motifs is 1. The highest BCUT2D eigenvalue weighted by Crippen LogP contribution is 2.35. The number of aliphatic carboxylic acids is 1. The van der Waals surface area contributed by atoms with E-state index >= 15 is 0 Å². The number of hydrogen-bond acceptors (Lipinski definition) is 4. The number of ether oxygens (including phenoxy) is 1. The van der Waals surface area contributed by atoms with Crippen molar-refractivity contribution in [2.45, 2.75) is 71.1 Å². The zero-order valence-corrected chi connectivity index (χ0v) is 19.1. The summed E-state index contributed by atoms with van der Waals surface area (Å²) in [5, 5.41) is 10.1. The highest BCUT2D eigenvalue weighted by Gasteiger charge is 2.51. The van der Waals surface area contributed by atoms with Crippen LogP contribution in [0.1, 0.15) is 52.2 Å². The molecule has 1 aliphatic rings. The molecule has 0 aliphatic heterocycles.